The van der Waals surface area contributed by atoms with Crippen LogP contribution in [0.2, 0.25) is 0 Å². The highest BCUT2D eigenvalue weighted by Gasteiger charge is 2.30. The smallest absolute Gasteiger partial charge is 0.311 e. The molecule has 0 radical (unpaired) electrons. The number of carbonyl (C=O) groups is 1. The molecule has 1 fully saturated rings. The van der Waals surface area contributed by atoms with Crippen LogP contribution in [-0.2, 0) is 16.1 Å². The van der Waals surface area contributed by atoms with E-state index in [9.17, 15) is 4.79 Å². The fraction of sp³-hybridized carbons (Fsp3) is 0.765. The molecule has 0 saturated carbocycles. The highest BCUT2D eigenvalue weighted by atomic mass is 35.5. The minimum atomic E-state index is -0.441. The van der Waals surface area contributed by atoms with E-state index >= 15 is 0 Å². The average Bonchev–Trinajstić information content (AvgIpc) is 3.16. The SMILES string of the molecule is COC(=O)C(C)(C)CCN(Cc1scnc1C)CC1CCNC1.Cl. The third-order valence-corrected chi connectivity index (χ3v) is 5.60. The van der Waals surface area contributed by atoms with E-state index < -0.39 is 5.41 Å². The fourth-order valence-electron chi connectivity index (χ4n) is 2.97. The summed E-state index contributed by atoms with van der Waals surface area (Å²) >= 11 is 1.72. The summed E-state index contributed by atoms with van der Waals surface area (Å²) in [5.41, 5.74) is 2.60. The van der Waals surface area contributed by atoms with Crippen molar-refractivity contribution in [2.45, 2.75) is 40.2 Å². The van der Waals surface area contributed by atoms with Crippen LogP contribution in [0, 0.1) is 18.3 Å². The highest BCUT2D eigenvalue weighted by Crippen LogP contribution is 2.24. The minimum absolute atomic E-state index is 0. The Hall–Kier alpha value is -0.690. The minimum Gasteiger partial charge on any atom is -0.469 e. The number of esters is 1. The first kappa shape index (κ1) is 21.4. The third kappa shape index (κ3) is 5.99. The standard InChI is InChI=1S/C17H29N3O2S.ClH/c1-13-15(23-12-19-13)11-20(10-14-5-7-18-9-14)8-6-17(2,3)16(21)22-4;/h12,14,18H,5-11H2,1-4H3;1H. The van der Waals surface area contributed by atoms with Crippen LogP contribution in [0.15, 0.2) is 5.51 Å². The van der Waals surface area contributed by atoms with Crippen molar-refractivity contribution in [1.29, 1.82) is 0 Å². The Morgan fingerprint density at radius 3 is 2.83 bits per heavy atom. The highest BCUT2D eigenvalue weighted by molar-refractivity contribution is 7.09. The van der Waals surface area contributed by atoms with Gasteiger partial charge in [-0.3, -0.25) is 9.69 Å². The molecule has 138 valence electrons. The number of aryl methyl sites for hydroxylation is 1. The lowest BCUT2D eigenvalue weighted by Gasteiger charge is -2.29. The van der Waals surface area contributed by atoms with Gasteiger partial charge in [0.2, 0.25) is 0 Å². The zero-order valence-corrected chi connectivity index (χ0v) is 16.8. The average molecular weight is 376 g/mol. The largest absolute Gasteiger partial charge is 0.469 e. The van der Waals surface area contributed by atoms with Crippen LogP contribution in [-0.4, -0.2) is 49.1 Å². The molecular formula is C17H30ClN3O2S. The molecule has 1 atom stereocenters. The molecule has 7 heteroatoms. The van der Waals surface area contributed by atoms with Gasteiger partial charge in [0.15, 0.2) is 0 Å². The molecule has 1 aliphatic rings. The number of nitrogens with zero attached hydrogens (tertiary/aromatic N) is 2. The van der Waals surface area contributed by atoms with Crippen molar-refractivity contribution >= 4 is 29.7 Å². The van der Waals surface area contributed by atoms with Crippen molar-refractivity contribution in [3.8, 4) is 0 Å². The van der Waals surface area contributed by atoms with Gasteiger partial charge in [0.05, 0.1) is 23.7 Å². The molecule has 1 unspecified atom stereocenters. The van der Waals surface area contributed by atoms with Gasteiger partial charge in [-0.2, -0.15) is 0 Å². The van der Waals surface area contributed by atoms with E-state index in [1.54, 1.807) is 11.3 Å². The Bertz CT molecular complexity index is 516. The Kier molecular flexibility index (Phi) is 8.63. The monoisotopic (exact) mass is 375 g/mol. The third-order valence-electron chi connectivity index (χ3n) is 4.68. The zero-order valence-electron chi connectivity index (χ0n) is 15.1. The molecule has 5 nitrogen and oxygen atoms in total. The van der Waals surface area contributed by atoms with E-state index in [0.717, 1.165) is 44.8 Å². The van der Waals surface area contributed by atoms with Gasteiger partial charge in [-0.15, -0.1) is 23.7 Å². The van der Waals surface area contributed by atoms with Gasteiger partial charge in [-0.1, -0.05) is 0 Å². The molecular weight excluding hydrogens is 346 g/mol. The number of halogens is 1. The predicted octanol–water partition coefficient (Wildman–Crippen LogP) is 2.87. The summed E-state index contributed by atoms with van der Waals surface area (Å²) in [6.45, 7) is 11.1. The summed E-state index contributed by atoms with van der Waals surface area (Å²) in [7, 11) is 1.47. The Balaban J connectivity index is 0.00000288. The van der Waals surface area contributed by atoms with Gasteiger partial charge in [0.25, 0.3) is 0 Å². The second-order valence-corrected chi connectivity index (χ2v) is 8.02. The van der Waals surface area contributed by atoms with E-state index in [1.165, 1.54) is 18.4 Å². The van der Waals surface area contributed by atoms with Gasteiger partial charge in [-0.25, -0.2) is 4.98 Å². The van der Waals surface area contributed by atoms with Crippen LogP contribution < -0.4 is 5.32 Å². The van der Waals surface area contributed by atoms with Gasteiger partial charge in [0, 0.05) is 18.0 Å². The number of rotatable bonds is 8. The molecule has 0 aromatic carbocycles. The van der Waals surface area contributed by atoms with Crippen LogP contribution in [0.5, 0.6) is 0 Å². The molecule has 1 aromatic heterocycles. The first-order chi connectivity index (χ1) is 10.9. The van der Waals surface area contributed by atoms with Gasteiger partial charge in [0.1, 0.15) is 0 Å². The summed E-state index contributed by atoms with van der Waals surface area (Å²) in [5.74, 6) is 0.568. The van der Waals surface area contributed by atoms with Crippen LogP contribution in [0.25, 0.3) is 0 Å². The van der Waals surface area contributed by atoms with Gasteiger partial charge in [-0.05, 0) is 59.2 Å². The molecule has 1 saturated heterocycles. The summed E-state index contributed by atoms with van der Waals surface area (Å²) in [5, 5.41) is 3.44. The lowest BCUT2D eigenvalue weighted by molar-refractivity contribution is -0.151. The molecule has 2 rings (SSSR count). The number of aromatic nitrogens is 1. The van der Waals surface area contributed by atoms with E-state index in [-0.39, 0.29) is 18.4 Å². The molecule has 1 aliphatic heterocycles. The van der Waals surface area contributed by atoms with Crippen LogP contribution in [0.4, 0.5) is 0 Å². The molecule has 1 N–H and O–H groups in total. The van der Waals surface area contributed by atoms with Crippen LogP contribution >= 0.6 is 23.7 Å². The molecule has 24 heavy (non-hydrogen) atoms. The quantitative estimate of drug-likeness (QED) is 0.708. The number of carbonyl (C=O) groups excluding carboxylic acids is 1. The van der Waals surface area contributed by atoms with Crippen molar-refractivity contribution in [3.05, 3.63) is 16.1 Å². The summed E-state index contributed by atoms with van der Waals surface area (Å²) < 4.78 is 4.93. The second kappa shape index (κ2) is 9.70. The van der Waals surface area contributed by atoms with Crippen molar-refractivity contribution in [2.24, 2.45) is 11.3 Å². The Morgan fingerprint density at radius 1 is 1.54 bits per heavy atom. The molecule has 0 aliphatic carbocycles. The second-order valence-electron chi connectivity index (χ2n) is 7.08. The normalized spacial score (nSPS) is 17.8. The first-order valence-corrected chi connectivity index (χ1v) is 9.21. The zero-order chi connectivity index (χ0) is 16.9. The maximum atomic E-state index is 11.9. The maximum absolute atomic E-state index is 11.9. The van der Waals surface area contributed by atoms with Crippen molar-refractivity contribution in [1.82, 2.24) is 15.2 Å². The Labute approximate surface area is 155 Å². The predicted molar refractivity (Wildman–Crippen MR) is 101 cm³/mol. The topological polar surface area (TPSA) is 54.5 Å². The number of ether oxygens (including phenoxy) is 1. The summed E-state index contributed by atoms with van der Waals surface area (Å²) in [6.07, 6.45) is 2.04. The van der Waals surface area contributed by atoms with Crippen molar-refractivity contribution in [2.75, 3.05) is 33.3 Å². The maximum Gasteiger partial charge on any atom is 0.311 e. The van der Waals surface area contributed by atoms with Gasteiger partial charge < -0.3 is 10.1 Å². The van der Waals surface area contributed by atoms with Crippen LogP contribution in [0.1, 0.15) is 37.3 Å². The number of thiazole rings is 1. The number of nitrogens with one attached hydrogen (secondary N) is 1. The van der Waals surface area contributed by atoms with Crippen LogP contribution in [0.3, 0.4) is 0 Å². The summed E-state index contributed by atoms with van der Waals surface area (Å²) in [6, 6.07) is 0. The van der Waals surface area contributed by atoms with E-state index in [4.69, 9.17) is 4.74 Å². The number of hydrogen-bond donors (Lipinski definition) is 1. The van der Waals surface area contributed by atoms with E-state index in [0.29, 0.717) is 5.92 Å². The van der Waals surface area contributed by atoms with Crippen molar-refractivity contribution in [3.63, 3.8) is 0 Å². The lowest BCUT2D eigenvalue weighted by atomic mass is 9.89. The molecule has 1 aromatic rings. The van der Waals surface area contributed by atoms with E-state index in [2.05, 4.69) is 22.1 Å². The molecule has 0 spiro atoms. The molecule has 0 bridgehead atoms. The lowest BCUT2D eigenvalue weighted by Crippen LogP contribution is -2.35. The van der Waals surface area contributed by atoms with Crippen molar-refractivity contribution < 1.29 is 9.53 Å². The molecule has 2 heterocycles. The van der Waals surface area contributed by atoms with E-state index in [1.807, 2.05) is 19.4 Å². The first-order valence-electron chi connectivity index (χ1n) is 8.33. The number of hydrogen-bond acceptors (Lipinski definition) is 6. The Morgan fingerprint density at radius 2 is 2.29 bits per heavy atom. The molecule has 0 amide bonds. The number of methoxy groups -OCH3 is 1. The van der Waals surface area contributed by atoms with Gasteiger partial charge >= 0.3 is 5.97 Å². The fourth-order valence-corrected chi connectivity index (χ4v) is 3.79. The summed E-state index contributed by atoms with van der Waals surface area (Å²) in [4.78, 5) is 20.1.